The van der Waals surface area contributed by atoms with Gasteiger partial charge in [-0.25, -0.2) is 18.4 Å². The maximum Gasteiger partial charge on any atom is 0.408 e. The summed E-state index contributed by atoms with van der Waals surface area (Å²) < 4.78 is 38.9. The van der Waals surface area contributed by atoms with Crippen molar-refractivity contribution >= 4 is 12.1 Å². The highest BCUT2D eigenvalue weighted by molar-refractivity contribution is 5.81. The van der Waals surface area contributed by atoms with E-state index in [2.05, 4.69) is 5.32 Å². The molecule has 1 unspecified atom stereocenters. The summed E-state index contributed by atoms with van der Waals surface area (Å²) in [6, 6.07) is 9.21. The van der Waals surface area contributed by atoms with Gasteiger partial charge in [0.1, 0.15) is 30.0 Å². The minimum atomic E-state index is -1.44. The third kappa shape index (κ3) is 3.74. The number of carbonyl (C=O) groups excluding carboxylic acids is 1. The zero-order chi connectivity index (χ0) is 20.6. The Kier molecular flexibility index (Phi) is 4.86. The summed E-state index contributed by atoms with van der Waals surface area (Å²) in [5.74, 6) is -3.95. The molecule has 1 spiro atoms. The van der Waals surface area contributed by atoms with Gasteiger partial charge in [0, 0.05) is 29.0 Å². The Bertz CT molecular complexity index is 946. The molecule has 8 heteroatoms. The molecule has 2 atom stereocenters. The molecule has 2 aliphatic rings. The van der Waals surface area contributed by atoms with Crippen molar-refractivity contribution in [2.75, 3.05) is 6.61 Å². The van der Waals surface area contributed by atoms with Gasteiger partial charge in [0.05, 0.1) is 6.61 Å². The molecule has 0 saturated heterocycles. The number of carbonyl (C=O) groups is 2. The Labute approximate surface area is 165 Å². The second kappa shape index (κ2) is 7.35. The summed E-state index contributed by atoms with van der Waals surface area (Å²) in [4.78, 5) is 24.3. The summed E-state index contributed by atoms with van der Waals surface area (Å²) >= 11 is 0. The Morgan fingerprint density at radius 1 is 1.24 bits per heavy atom. The van der Waals surface area contributed by atoms with Gasteiger partial charge < -0.3 is 19.9 Å². The second-order valence-corrected chi connectivity index (χ2v) is 7.45. The van der Waals surface area contributed by atoms with Crippen LogP contribution in [0, 0.1) is 17.0 Å². The highest BCUT2D eigenvalue weighted by atomic mass is 19.1. The van der Waals surface area contributed by atoms with Crippen LogP contribution in [0.15, 0.2) is 42.5 Å². The molecular formula is C21H19F2NO5. The average molecular weight is 403 g/mol. The first-order chi connectivity index (χ1) is 13.9. The standard InChI is InChI=1S/C21H19F2NO5/c22-13-8-14(23)16-15(9-13)29-11-21(6-7-21)17(16)18(19(25)26)24-20(27)28-10-12-4-2-1-3-5-12/h1-5,8-9,17-18H,6-7,10-11H2,(H,24,27)(H,25,26)/t17?,18-/m0/s1. The minimum absolute atomic E-state index is 0.0223. The third-order valence-corrected chi connectivity index (χ3v) is 5.52. The van der Waals surface area contributed by atoms with Gasteiger partial charge in [0.25, 0.3) is 0 Å². The van der Waals surface area contributed by atoms with Gasteiger partial charge in [-0.1, -0.05) is 30.3 Å². The van der Waals surface area contributed by atoms with Gasteiger partial charge in [-0.05, 0) is 18.4 Å². The fourth-order valence-corrected chi connectivity index (χ4v) is 3.92. The van der Waals surface area contributed by atoms with Gasteiger partial charge in [-0.2, -0.15) is 0 Å². The van der Waals surface area contributed by atoms with Crippen LogP contribution in [0.25, 0.3) is 0 Å². The number of alkyl carbamates (subject to hydrolysis) is 1. The molecule has 0 bridgehead atoms. The van der Waals surface area contributed by atoms with Crippen molar-refractivity contribution < 1.29 is 33.0 Å². The van der Waals surface area contributed by atoms with Crippen molar-refractivity contribution in [2.45, 2.75) is 31.4 Å². The first-order valence-corrected chi connectivity index (χ1v) is 9.21. The first kappa shape index (κ1) is 19.2. The minimum Gasteiger partial charge on any atom is -0.492 e. The molecule has 4 rings (SSSR count). The lowest BCUT2D eigenvalue weighted by molar-refractivity contribution is -0.140. The fraction of sp³-hybridized carbons (Fsp3) is 0.333. The number of benzene rings is 2. The van der Waals surface area contributed by atoms with Crippen molar-refractivity contribution in [3.05, 3.63) is 65.2 Å². The number of nitrogens with one attached hydrogen (secondary N) is 1. The molecule has 6 nitrogen and oxygen atoms in total. The molecule has 1 amide bonds. The zero-order valence-corrected chi connectivity index (χ0v) is 15.4. The van der Waals surface area contributed by atoms with Gasteiger partial charge in [-0.3, -0.25) is 0 Å². The maximum atomic E-state index is 14.6. The molecule has 1 aliphatic heterocycles. The summed E-state index contributed by atoms with van der Waals surface area (Å²) in [6.07, 6.45) is 0.323. The SMILES string of the molecule is O=C(N[C@H](C(=O)O)C1c2c(F)cc(F)cc2OCC12CC2)OCc1ccccc1. The van der Waals surface area contributed by atoms with Gasteiger partial charge in [0.15, 0.2) is 0 Å². The molecule has 1 aliphatic carbocycles. The highest BCUT2D eigenvalue weighted by Gasteiger charge is 2.59. The first-order valence-electron chi connectivity index (χ1n) is 9.21. The number of halogens is 2. The van der Waals surface area contributed by atoms with E-state index in [1.54, 1.807) is 24.3 Å². The molecule has 1 fully saturated rings. The van der Waals surface area contributed by atoms with E-state index in [0.717, 1.165) is 11.6 Å². The van der Waals surface area contributed by atoms with E-state index in [1.807, 2.05) is 6.07 Å². The van der Waals surface area contributed by atoms with Crippen LogP contribution < -0.4 is 10.1 Å². The normalized spacial score (nSPS) is 19.6. The Morgan fingerprint density at radius 3 is 2.62 bits per heavy atom. The molecule has 2 N–H and O–H groups in total. The quantitative estimate of drug-likeness (QED) is 0.797. The zero-order valence-electron chi connectivity index (χ0n) is 15.4. The third-order valence-electron chi connectivity index (χ3n) is 5.52. The predicted molar refractivity (Wildman–Crippen MR) is 97.4 cm³/mol. The number of hydrogen-bond donors (Lipinski definition) is 2. The van der Waals surface area contributed by atoms with Crippen molar-refractivity contribution in [1.29, 1.82) is 0 Å². The van der Waals surface area contributed by atoms with Crippen LogP contribution in [0.3, 0.4) is 0 Å². The number of fused-ring (bicyclic) bond motifs is 1. The largest absolute Gasteiger partial charge is 0.492 e. The summed E-state index contributed by atoms with van der Waals surface area (Å²) in [7, 11) is 0. The van der Waals surface area contributed by atoms with Crippen LogP contribution in [0.1, 0.15) is 29.9 Å². The van der Waals surface area contributed by atoms with Crippen molar-refractivity contribution in [3.63, 3.8) is 0 Å². The average Bonchev–Trinajstić information content (AvgIpc) is 3.46. The van der Waals surface area contributed by atoms with Crippen LogP contribution in [-0.4, -0.2) is 29.8 Å². The van der Waals surface area contributed by atoms with E-state index in [1.165, 1.54) is 0 Å². The molecule has 1 saturated carbocycles. The Hall–Kier alpha value is -3.16. The van der Waals surface area contributed by atoms with E-state index in [-0.39, 0.29) is 24.5 Å². The summed E-state index contributed by atoms with van der Waals surface area (Å²) in [5, 5.41) is 12.1. The van der Waals surface area contributed by atoms with Crippen LogP contribution in [-0.2, 0) is 16.1 Å². The fourth-order valence-electron chi connectivity index (χ4n) is 3.92. The Morgan fingerprint density at radius 2 is 1.97 bits per heavy atom. The lowest BCUT2D eigenvalue weighted by atomic mass is 9.76. The predicted octanol–water partition coefficient (Wildman–Crippen LogP) is 3.60. The number of carboxylic acid groups (broad SMARTS) is 1. The van der Waals surface area contributed by atoms with Crippen molar-refractivity contribution in [3.8, 4) is 5.75 Å². The molecule has 0 radical (unpaired) electrons. The van der Waals surface area contributed by atoms with Crippen LogP contribution >= 0.6 is 0 Å². The number of hydrogen-bond acceptors (Lipinski definition) is 4. The second-order valence-electron chi connectivity index (χ2n) is 7.45. The molecule has 152 valence electrons. The molecule has 29 heavy (non-hydrogen) atoms. The molecular weight excluding hydrogens is 384 g/mol. The molecule has 1 heterocycles. The van der Waals surface area contributed by atoms with Crippen molar-refractivity contribution in [2.24, 2.45) is 5.41 Å². The number of ether oxygens (including phenoxy) is 2. The lowest BCUT2D eigenvalue weighted by Gasteiger charge is -2.37. The van der Waals surface area contributed by atoms with Gasteiger partial charge >= 0.3 is 12.1 Å². The summed E-state index contributed by atoms with van der Waals surface area (Å²) in [5.41, 5.74) is 0.110. The van der Waals surface area contributed by atoms with Gasteiger partial charge in [-0.15, -0.1) is 0 Å². The number of rotatable bonds is 5. The number of carboxylic acids is 1. The summed E-state index contributed by atoms with van der Waals surface area (Å²) in [6.45, 7) is 0.103. The lowest BCUT2D eigenvalue weighted by Crippen LogP contribution is -2.50. The number of amides is 1. The van der Waals surface area contributed by atoms with E-state index >= 15 is 0 Å². The van der Waals surface area contributed by atoms with Crippen LogP contribution in [0.5, 0.6) is 5.75 Å². The molecule has 0 aromatic heterocycles. The van der Waals surface area contributed by atoms with Crippen LogP contribution in [0.2, 0.25) is 0 Å². The van der Waals surface area contributed by atoms with E-state index in [9.17, 15) is 23.5 Å². The number of aliphatic carboxylic acids is 1. The highest BCUT2D eigenvalue weighted by Crippen LogP contribution is 2.61. The van der Waals surface area contributed by atoms with Gasteiger partial charge in [0.2, 0.25) is 0 Å². The van der Waals surface area contributed by atoms with E-state index in [0.29, 0.717) is 18.9 Å². The molecule has 2 aromatic rings. The monoisotopic (exact) mass is 403 g/mol. The van der Waals surface area contributed by atoms with E-state index in [4.69, 9.17) is 9.47 Å². The Balaban J connectivity index is 1.58. The topological polar surface area (TPSA) is 84.9 Å². The van der Waals surface area contributed by atoms with Crippen LogP contribution in [0.4, 0.5) is 13.6 Å². The smallest absolute Gasteiger partial charge is 0.408 e. The maximum absolute atomic E-state index is 14.6. The molecule has 2 aromatic carbocycles. The van der Waals surface area contributed by atoms with E-state index < -0.39 is 41.1 Å². The van der Waals surface area contributed by atoms with Crippen molar-refractivity contribution in [1.82, 2.24) is 5.32 Å².